The van der Waals surface area contributed by atoms with E-state index in [1.165, 1.54) is 0 Å². The van der Waals surface area contributed by atoms with Crippen LogP contribution in [0, 0.1) is 0 Å². The summed E-state index contributed by atoms with van der Waals surface area (Å²) in [6, 6.07) is 0. The van der Waals surface area contributed by atoms with Gasteiger partial charge in [0.15, 0.2) is 9.84 Å². The Morgan fingerprint density at radius 2 is 1.88 bits per heavy atom. The van der Waals surface area contributed by atoms with Gasteiger partial charge in [-0.3, -0.25) is 0 Å². The maximum Gasteiger partial charge on any atom is 0.151 e. The van der Waals surface area contributed by atoms with Crippen molar-refractivity contribution in [3.8, 4) is 0 Å². The van der Waals surface area contributed by atoms with Crippen LogP contribution in [-0.2, 0) is 14.6 Å². The fourth-order valence-corrected chi connectivity index (χ4v) is 1.73. The molecular weight excluding hydrogens is 228 g/mol. The van der Waals surface area contributed by atoms with Gasteiger partial charge < -0.3 is 15.0 Å². The molecule has 0 atom stereocenters. The minimum absolute atomic E-state index is 0.210. The molecule has 0 radical (unpaired) electrons. The van der Waals surface area contributed by atoms with E-state index in [2.05, 4.69) is 10.2 Å². The lowest BCUT2D eigenvalue weighted by atomic mass is 10.6. The summed E-state index contributed by atoms with van der Waals surface area (Å²) >= 11 is 0. The van der Waals surface area contributed by atoms with E-state index in [0.29, 0.717) is 26.3 Å². The van der Waals surface area contributed by atoms with E-state index in [9.17, 15) is 8.42 Å². The van der Waals surface area contributed by atoms with Crippen LogP contribution in [0.2, 0.25) is 0 Å². The Labute approximate surface area is 99.1 Å². The lowest BCUT2D eigenvalue weighted by Crippen LogP contribution is -2.27. The standard InChI is InChI=1S/C10H24N2O3S/c1-4-16(13,14)10-6-11-5-8-15-9-7-12(2)3/h11H,4-10H2,1-3H3. The Balaban J connectivity index is 3.22. The normalized spacial score (nSPS) is 12.2. The molecule has 98 valence electrons. The van der Waals surface area contributed by atoms with Gasteiger partial charge in [0.05, 0.1) is 19.0 Å². The molecule has 0 saturated carbocycles. The molecule has 0 saturated heterocycles. The van der Waals surface area contributed by atoms with E-state index < -0.39 is 9.84 Å². The lowest BCUT2D eigenvalue weighted by molar-refractivity contribution is 0.119. The smallest absolute Gasteiger partial charge is 0.151 e. The fourth-order valence-electron chi connectivity index (χ4n) is 0.991. The predicted molar refractivity (Wildman–Crippen MR) is 66.6 cm³/mol. The number of nitrogens with zero attached hydrogens (tertiary/aromatic N) is 1. The maximum absolute atomic E-state index is 11.1. The molecule has 1 N–H and O–H groups in total. The first kappa shape index (κ1) is 15.8. The molecule has 0 aliphatic rings. The SMILES string of the molecule is CCS(=O)(=O)CCNCCOCCN(C)C. The van der Waals surface area contributed by atoms with Gasteiger partial charge in [-0.25, -0.2) is 8.42 Å². The number of hydrogen-bond acceptors (Lipinski definition) is 5. The zero-order valence-electron chi connectivity index (χ0n) is 10.5. The van der Waals surface area contributed by atoms with Crippen LogP contribution in [-0.4, -0.2) is 71.8 Å². The van der Waals surface area contributed by atoms with Crippen LogP contribution in [0.1, 0.15) is 6.92 Å². The highest BCUT2D eigenvalue weighted by Crippen LogP contribution is 1.86. The topological polar surface area (TPSA) is 58.6 Å². The molecule has 0 aromatic heterocycles. The van der Waals surface area contributed by atoms with Crippen LogP contribution >= 0.6 is 0 Å². The predicted octanol–water partition coefficient (Wildman–Crippen LogP) is -0.411. The van der Waals surface area contributed by atoms with E-state index in [4.69, 9.17) is 4.74 Å². The first-order chi connectivity index (χ1) is 7.48. The molecule has 6 heteroatoms. The molecule has 0 rings (SSSR count). The van der Waals surface area contributed by atoms with Crippen molar-refractivity contribution >= 4 is 9.84 Å². The van der Waals surface area contributed by atoms with Gasteiger partial charge in [-0.05, 0) is 14.1 Å². The average Bonchev–Trinajstić information content (AvgIpc) is 2.21. The Bertz CT molecular complexity index is 253. The highest BCUT2D eigenvalue weighted by Gasteiger charge is 2.05. The van der Waals surface area contributed by atoms with Crippen molar-refractivity contribution in [1.82, 2.24) is 10.2 Å². The van der Waals surface area contributed by atoms with Gasteiger partial charge in [0.25, 0.3) is 0 Å². The average molecular weight is 252 g/mol. The first-order valence-electron chi connectivity index (χ1n) is 5.61. The zero-order valence-corrected chi connectivity index (χ0v) is 11.3. The van der Waals surface area contributed by atoms with E-state index in [-0.39, 0.29) is 11.5 Å². The largest absolute Gasteiger partial charge is 0.379 e. The summed E-state index contributed by atoms with van der Waals surface area (Å²) in [4.78, 5) is 2.06. The third kappa shape index (κ3) is 10.4. The minimum Gasteiger partial charge on any atom is -0.379 e. The number of likely N-dealkylation sites (N-methyl/N-ethyl adjacent to an activating group) is 1. The van der Waals surface area contributed by atoms with Crippen LogP contribution in [0.25, 0.3) is 0 Å². The molecule has 5 nitrogen and oxygen atoms in total. The highest BCUT2D eigenvalue weighted by molar-refractivity contribution is 7.91. The van der Waals surface area contributed by atoms with Crippen molar-refractivity contribution in [3.05, 3.63) is 0 Å². The van der Waals surface area contributed by atoms with Crippen molar-refractivity contribution in [2.45, 2.75) is 6.92 Å². The number of ether oxygens (including phenoxy) is 1. The van der Waals surface area contributed by atoms with E-state index in [1.807, 2.05) is 14.1 Å². The summed E-state index contributed by atoms with van der Waals surface area (Å²) in [5.41, 5.74) is 0. The quantitative estimate of drug-likeness (QED) is 0.536. The van der Waals surface area contributed by atoms with Gasteiger partial charge in [-0.1, -0.05) is 6.92 Å². The Morgan fingerprint density at radius 1 is 1.19 bits per heavy atom. The third-order valence-electron chi connectivity index (χ3n) is 2.14. The summed E-state index contributed by atoms with van der Waals surface area (Å²) in [7, 11) is 1.16. The second kappa shape index (κ2) is 8.92. The number of rotatable bonds is 10. The van der Waals surface area contributed by atoms with Crippen LogP contribution in [0.5, 0.6) is 0 Å². The Kier molecular flexibility index (Phi) is 8.83. The number of hydrogen-bond donors (Lipinski definition) is 1. The second-order valence-corrected chi connectivity index (χ2v) is 6.37. The van der Waals surface area contributed by atoms with Crippen molar-refractivity contribution in [1.29, 1.82) is 0 Å². The van der Waals surface area contributed by atoms with Crippen LogP contribution < -0.4 is 5.32 Å². The molecule has 0 aliphatic carbocycles. The van der Waals surface area contributed by atoms with Crippen molar-refractivity contribution < 1.29 is 13.2 Å². The molecule has 0 amide bonds. The number of sulfone groups is 1. The second-order valence-electron chi connectivity index (χ2n) is 3.90. The van der Waals surface area contributed by atoms with E-state index in [1.54, 1.807) is 6.92 Å². The van der Waals surface area contributed by atoms with Gasteiger partial charge >= 0.3 is 0 Å². The number of nitrogens with one attached hydrogen (secondary N) is 1. The van der Waals surface area contributed by atoms with Crippen molar-refractivity contribution in [3.63, 3.8) is 0 Å². The van der Waals surface area contributed by atoms with Gasteiger partial charge in [-0.2, -0.15) is 0 Å². The van der Waals surface area contributed by atoms with E-state index in [0.717, 1.165) is 6.54 Å². The summed E-state index contributed by atoms with van der Waals surface area (Å²) in [5, 5.41) is 3.05. The maximum atomic E-state index is 11.1. The van der Waals surface area contributed by atoms with E-state index >= 15 is 0 Å². The lowest BCUT2D eigenvalue weighted by Gasteiger charge is -2.10. The Hall–Kier alpha value is -0.170. The van der Waals surface area contributed by atoms with Gasteiger partial charge in [-0.15, -0.1) is 0 Å². The molecule has 0 unspecified atom stereocenters. The molecule has 0 aliphatic heterocycles. The first-order valence-corrected chi connectivity index (χ1v) is 7.43. The summed E-state index contributed by atoms with van der Waals surface area (Å²) < 4.78 is 27.6. The molecule has 0 bridgehead atoms. The summed E-state index contributed by atoms with van der Waals surface area (Å²) in [5.74, 6) is 0.426. The van der Waals surface area contributed by atoms with Gasteiger partial charge in [0.2, 0.25) is 0 Å². The summed E-state index contributed by atoms with van der Waals surface area (Å²) in [6.07, 6.45) is 0. The highest BCUT2D eigenvalue weighted by atomic mass is 32.2. The zero-order chi connectivity index (χ0) is 12.4. The summed E-state index contributed by atoms with van der Waals surface area (Å²) in [6.45, 7) is 5.12. The molecule has 0 fully saturated rings. The van der Waals surface area contributed by atoms with Crippen molar-refractivity contribution in [2.24, 2.45) is 0 Å². The molecule has 0 spiro atoms. The minimum atomic E-state index is -2.84. The van der Waals surface area contributed by atoms with Crippen LogP contribution in [0.4, 0.5) is 0 Å². The molecular formula is C10H24N2O3S. The molecule has 16 heavy (non-hydrogen) atoms. The molecule has 0 aromatic carbocycles. The fraction of sp³-hybridized carbons (Fsp3) is 1.00. The van der Waals surface area contributed by atoms with Crippen LogP contribution in [0.15, 0.2) is 0 Å². The third-order valence-corrected chi connectivity index (χ3v) is 3.84. The monoisotopic (exact) mass is 252 g/mol. The molecule has 0 aromatic rings. The van der Waals surface area contributed by atoms with Crippen molar-refractivity contribution in [2.75, 3.05) is 58.4 Å². The Morgan fingerprint density at radius 3 is 2.44 bits per heavy atom. The van der Waals surface area contributed by atoms with Gasteiger partial charge in [0, 0.05) is 25.4 Å². The molecule has 0 heterocycles. The van der Waals surface area contributed by atoms with Crippen LogP contribution in [0.3, 0.4) is 0 Å². The van der Waals surface area contributed by atoms with Gasteiger partial charge in [0.1, 0.15) is 0 Å².